The van der Waals surface area contributed by atoms with Crippen LogP contribution in [0.5, 0.6) is 0 Å². The number of nitrogens with two attached hydrogens (primary N) is 1. The van der Waals surface area contributed by atoms with E-state index in [1.807, 2.05) is 46.2 Å². The Bertz CT molecular complexity index is 1330. The SMILES string of the molecule is Nc1ccc(N2CCC=C(N3CCOCC3)C2=O)cc1.O=C1C(N2CCOCC2)=CCCN1c1ccc([N+](=O)[O-])cc1. The van der Waals surface area contributed by atoms with Gasteiger partial charge >= 0.3 is 0 Å². The van der Waals surface area contributed by atoms with E-state index >= 15 is 0 Å². The lowest BCUT2D eigenvalue weighted by molar-refractivity contribution is -0.384. The summed E-state index contributed by atoms with van der Waals surface area (Å²) in [5, 5.41) is 10.7. The van der Waals surface area contributed by atoms with E-state index in [9.17, 15) is 19.7 Å². The smallest absolute Gasteiger partial charge is 0.274 e. The molecule has 222 valence electrons. The molecule has 12 heteroatoms. The lowest BCUT2D eigenvalue weighted by atomic mass is 10.1. The van der Waals surface area contributed by atoms with Gasteiger partial charge in [-0.15, -0.1) is 0 Å². The maximum absolute atomic E-state index is 12.7. The van der Waals surface area contributed by atoms with Gasteiger partial charge in [0.2, 0.25) is 0 Å². The molecule has 0 aromatic heterocycles. The molecule has 0 unspecified atom stereocenters. The Morgan fingerprint density at radius 3 is 1.45 bits per heavy atom. The molecular weight excluding hydrogens is 540 g/mol. The molecule has 42 heavy (non-hydrogen) atoms. The molecule has 12 nitrogen and oxygen atoms in total. The lowest BCUT2D eigenvalue weighted by Crippen LogP contribution is -2.45. The molecule has 0 radical (unpaired) electrons. The van der Waals surface area contributed by atoms with Crippen LogP contribution >= 0.6 is 0 Å². The number of nitro groups is 1. The van der Waals surface area contributed by atoms with Gasteiger partial charge in [-0.2, -0.15) is 0 Å². The first kappa shape index (κ1) is 29.1. The molecule has 2 amide bonds. The Labute approximate surface area is 244 Å². The highest BCUT2D eigenvalue weighted by atomic mass is 16.6. The van der Waals surface area contributed by atoms with E-state index in [2.05, 4.69) is 4.90 Å². The third-order valence-corrected chi connectivity index (χ3v) is 7.59. The summed E-state index contributed by atoms with van der Waals surface area (Å²) < 4.78 is 10.7. The van der Waals surface area contributed by atoms with Crippen LogP contribution in [0, 0.1) is 10.1 Å². The van der Waals surface area contributed by atoms with Crippen molar-refractivity contribution in [3.63, 3.8) is 0 Å². The Kier molecular flexibility index (Phi) is 9.35. The van der Waals surface area contributed by atoms with E-state index in [1.165, 1.54) is 12.1 Å². The normalized spacial score (nSPS) is 19.5. The van der Waals surface area contributed by atoms with Crippen LogP contribution in [0.25, 0.3) is 0 Å². The van der Waals surface area contributed by atoms with Gasteiger partial charge in [-0.3, -0.25) is 19.7 Å². The molecule has 2 N–H and O–H groups in total. The van der Waals surface area contributed by atoms with Gasteiger partial charge in [-0.25, -0.2) is 0 Å². The van der Waals surface area contributed by atoms with Gasteiger partial charge < -0.3 is 34.8 Å². The zero-order valence-electron chi connectivity index (χ0n) is 23.5. The fourth-order valence-electron chi connectivity index (χ4n) is 5.35. The van der Waals surface area contributed by atoms with Crippen molar-refractivity contribution in [1.82, 2.24) is 9.80 Å². The van der Waals surface area contributed by atoms with Crippen molar-refractivity contribution in [3.05, 3.63) is 82.2 Å². The highest BCUT2D eigenvalue weighted by molar-refractivity contribution is 6.06. The third kappa shape index (κ3) is 6.72. The average molecular weight is 577 g/mol. The van der Waals surface area contributed by atoms with Gasteiger partial charge in [-0.05, 0) is 49.2 Å². The standard InChI is InChI=1S/C15H17N3O4.C15H19N3O2/c19-15-14(16-8-10-22-11-9-16)2-1-7-17(15)12-3-5-13(6-4-12)18(20)21;16-12-3-5-13(6-4-12)18-7-1-2-14(15(18)19)17-8-10-20-11-9-17/h2-6H,1,7-11H2;2-6H,1,7-11,16H2. The molecule has 4 aliphatic heterocycles. The van der Waals surface area contributed by atoms with Crippen molar-refractivity contribution in [1.29, 1.82) is 0 Å². The number of nitrogen functional groups attached to an aromatic ring is 1. The van der Waals surface area contributed by atoms with Crippen LogP contribution in [-0.2, 0) is 19.1 Å². The summed E-state index contributed by atoms with van der Waals surface area (Å²) in [6, 6.07) is 13.6. The number of nitro benzene ring substituents is 1. The summed E-state index contributed by atoms with van der Waals surface area (Å²) in [7, 11) is 0. The zero-order chi connectivity index (χ0) is 29.5. The fourth-order valence-corrected chi connectivity index (χ4v) is 5.35. The monoisotopic (exact) mass is 576 g/mol. The first-order valence-corrected chi connectivity index (χ1v) is 14.2. The second kappa shape index (κ2) is 13.5. The number of carbonyl (C=O) groups is 2. The Hall–Kier alpha value is -4.42. The molecule has 0 spiro atoms. The molecule has 2 aromatic carbocycles. The molecule has 2 aromatic rings. The first-order chi connectivity index (χ1) is 20.4. The predicted octanol–water partition coefficient (Wildman–Crippen LogP) is 2.77. The first-order valence-electron chi connectivity index (χ1n) is 14.2. The number of nitrogens with zero attached hydrogens (tertiary/aromatic N) is 5. The average Bonchev–Trinajstić information content (AvgIpc) is 3.03. The van der Waals surface area contributed by atoms with Crippen molar-refractivity contribution in [2.45, 2.75) is 12.8 Å². The summed E-state index contributed by atoms with van der Waals surface area (Å²) in [5.74, 6) is 0.0184. The maximum atomic E-state index is 12.7. The van der Waals surface area contributed by atoms with Gasteiger partial charge in [-0.1, -0.05) is 12.2 Å². The van der Waals surface area contributed by atoms with E-state index in [0.717, 1.165) is 43.9 Å². The quantitative estimate of drug-likeness (QED) is 0.324. The number of hydrogen-bond donors (Lipinski definition) is 1. The number of carbonyl (C=O) groups excluding carboxylic acids is 2. The molecule has 2 saturated heterocycles. The molecule has 0 saturated carbocycles. The Morgan fingerprint density at radius 2 is 1.05 bits per heavy atom. The molecule has 4 heterocycles. The van der Waals surface area contributed by atoms with Crippen molar-refractivity contribution in [2.24, 2.45) is 0 Å². The van der Waals surface area contributed by atoms with Crippen LogP contribution in [-0.4, -0.2) is 92.2 Å². The molecular formula is C30H36N6O6. The summed E-state index contributed by atoms with van der Waals surface area (Å²) in [5.41, 5.74) is 9.53. The van der Waals surface area contributed by atoms with Crippen molar-refractivity contribution in [3.8, 4) is 0 Å². The molecule has 4 aliphatic rings. The predicted molar refractivity (Wildman–Crippen MR) is 159 cm³/mol. The highest BCUT2D eigenvalue weighted by Crippen LogP contribution is 2.26. The summed E-state index contributed by atoms with van der Waals surface area (Å²) >= 11 is 0. The maximum Gasteiger partial charge on any atom is 0.274 e. The van der Waals surface area contributed by atoms with E-state index < -0.39 is 4.92 Å². The third-order valence-electron chi connectivity index (χ3n) is 7.59. The second-order valence-electron chi connectivity index (χ2n) is 10.2. The number of non-ortho nitro benzene ring substituents is 1. The minimum atomic E-state index is -0.444. The zero-order valence-corrected chi connectivity index (χ0v) is 23.5. The van der Waals surface area contributed by atoms with Crippen LogP contribution in [0.2, 0.25) is 0 Å². The Balaban J connectivity index is 0.000000169. The van der Waals surface area contributed by atoms with Gasteiger partial charge in [0, 0.05) is 68.5 Å². The molecule has 0 atom stereocenters. The van der Waals surface area contributed by atoms with Crippen molar-refractivity contribution >= 4 is 34.6 Å². The van der Waals surface area contributed by atoms with E-state index in [4.69, 9.17) is 15.2 Å². The number of amides is 2. The van der Waals surface area contributed by atoms with E-state index in [0.29, 0.717) is 63.1 Å². The summed E-state index contributed by atoms with van der Waals surface area (Å²) in [6.45, 7) is 6.93. The van der Waals surface area contributed by atoms with Crippen LogP contribution < -0.4 is 15.5 Å². The fraction of sp³-hybridized carbons (Fsp3) is 0.400. The van der Waals surface area contributed by atoms with Crippen LogP contribution in [0.15, 0.2) is 72.1 Å². The largest absolute Gasteiger partial charge is 0.399 e. The molecule has 0 bridgehead atoms. The molecule has 0 aliphatic carbocycles. The minimum absolute atomic E-state index is 0.0251. The van der Waals surface area contributed by atoms with E-state index in [1.54, 1.807) is 17.0 Å². The molecule has 2 fully saturated rings. The highest BCUT2D eigenvalue weighted by Gasteiger charge is 2.29. The lowest BCUT2D eigenvalue weighted by Gasteiger charge is -2.35. The van der Waals surface area contributed by atoms with E-state index in [-0.39, 0.29) is 17.5 Å². The van der Waals surface area contributed by atoms with Gasteiger partial charge in [0.1, 0.15) is 0 Å². The topological polar surface area (TPSA) is 135 Å². The second-order valence-corrected chi connectivity index (χ2v) is 10.2. The number of benzene rings is 2. The van der Waals surface area contributed by atoms with Crippen LogP contribution in [0.1, 0.15) is 12.8 Å². The number of hydrogen-bond acceptors (Lipinski definition) is 9. The number of ether oxygens (including phenoxy) is 2. The number of morpholine rings is 2. The number of rotatable bonds is 5. The minimum Gasteiger partial charge on any atom is -0.399 e. The summed E-state index contributed by atoms with van der Waals surface area (Å²) in [4.78, 5) is 43.3. The van der Waals surface area contributed by atoms with Gasteiger partial charge in [0.25, 0.3) is 17.5 Å². The van der Waals surface area contributed by atoms with Gasteiger partial charge in [0.05, 0.1) is 42.7 Å². The summed E-state index contributed by atoms with van der Waals surface area (Å²) in [6.07, 6.45) is 5.66. The van der Waals surface area contributed by atoms with Crippen molar-refractivity contribution in [2.75, 3.05) is 81.2 Å². The van der Waals surface area contributed by atoms with Crippen LogP contribution in [0.3, 0.4) is 0 Å². The molecule has 6 rings (SSSR count). The van der Waals surface area contributed by atoms with Gasteiger partial charge in [0.15, 0.2) is 0 Å². The van der Waals surface area contributed by atoms with Crippen molar-refractivity contribution < 1.29 is 24.0 Å². The van der Waals surface area contributed by atoms with Crippen LogP contribution in [0.4, 0.5) is 22.7 Å². The Morgan fingerprint density at radius 1 is 0.643 bits per heavy atom. The number of anilines is 3.